The molecule has 0 radical (unpaired) electrons. The summed E-state index contributed by atoms with van der Waals surface area (Å²) in [4.78, 5) is 8.14. The Labute approximate surface area is 171 Å². The van der Waals surface area contributed by atoms with Crippen molar-refractivity contribution in [2.45, 2.75) is 12.8 Å². The van der Waals surface area contributed by atoms with E-state index >= 15 is 0 Å². The third-order valence-corrected chi connectivity index (χ3v) is 5.20. The van der Waals surface area contributed by atoms with Gasteiger partial charge in [0.05, 0.1) is 19.9 Å². The molecule has 0 spiro atoms. The highest BCUT2D eigenvalue weighted by Gasteiger charge is 2.12. The van der Waals surface area contributed by atoms with E-state index in [0.29, 0.717) is 5.75 Å². The van der Waals surface area contributed by atoms with Crippen LogP contribution in [0.5, 0.6) is 17.2 Å². The van der Waals surface area contributed by atoms with E-state index < -0.39 is 0 Å². The molecule has 0 atom stereocenters. The summed E-state index contributed by atoms with van der Waals surface area (Å²) in [6.07, 6.45) is 2.56. The van der Waals surface area contributed by atoms with Gasteiger partial charge in [-0.3, -0.25) is 0 Å². The lowest BCUT2D eigenvalue weighted by Gasteiger charge is -2.18. The molecule has 3 aromatic carbocycles. The quantitative estimate of drug-likeness (QED) is 0.549. The van der Waals surface area contributed by atoms with Crippen LogP contribution in [-0.4, -0.2) is 27.3 Å². The van der Waals surface area contributed by atoms with Crippen LogP contribution in [0.3, 0.4) is 0 Å². The molecule has 3 aromatic rings. The topological polar surface area (TPSA) is 43.0 Å². The first-order valence-corrected chi connectivity index (χ1v) is 9.87. The van der Waals surface area contributed by atoms with Crippen molar-refractivity contribution in [3.63, 3.8) is 0 Å². The molecule has 0 unspecified atom stereocenters. The third kappa shape index (κ3) is 4.40. The van der Waals surface area contributed by atoms with Gasteiger partial charge in [0, 0.05) is 18.8 Å². The molecule has 0 bridgehead atoms. The number of hydrogen-bond donors (Lipinski definition) is 1. The fraction of sp³-hybridized carbons (Fsp3) is 0.250. The molecule has 1 N–H and O–H groups in total. The number of benzene rings is 3. The average Bonchev–Trinajstić information content (AvgIpc) is 3.33. The van der Waals surface area contributed by atoms with Gasteiger partial charge in [-0.05, 0) is 72.5 Å². The number of anilines is 2. The van der Waals surface area contributed by atoms with E-state index in [0.717, 1.165) is 41.4 Å². The summed E-state index contributed by atoms with van der Waals surface area (Å²) in [6, 6.07) is 22.2. The molecule has 1 fully saturated rings. The van der Waals surface area contributed by atoms with Crippen LogP contribution in [0.1, 0.15) is 12.8 Å². The summed E-state index contributed by atoms with van der Waals surface area (Å²) < 4.78 is 10.7. The summed E-state index contributed by atoms with van der Waals surface area (Å²) in [7, 11) is 3.28. The maximum absolute atomic E-state index is 5.72. The van der Waals surface area contributed by atoms with Crippen molar-refractivity contribution in [3.05, 3.63) is 66.7 Å². The molecular formula is C24H26N2O3. The number of hydrogen-bond acceptors (Lipinski definition) is 5. The van der Waals surface area contributed by atoms with Crippen LogP contribution in [0.4, 0.5) is 11.4 Å². The zero-order valence-corrected chi connectivity index (χ0v) is 16.9. The SMILES string of the molecule is COc1ccc(-c2ccc(ONc3ccc(N4CCCC4)cc3)cc2)cc1OC. The Bertz CT molecular complexity index is 933. The Hall–Kier alpha value is -3.34. The lowest BCUT2D eigenvalue weighted by molar-refractivity contribution is 0.355. The highest BCUT2D eigenvalue weighted by molar-refractivity contribution is 5.68. The molecule has 1 heterocycles. The van der Waals surface area contributed by atoms with E-state index in [9.17, 15) is 0 Å². The van der Waals surface area contributed by atoms with Gasteiger partial charge in [0.25, 0.3) is 0 Å². The van der Waals surface area contributed by atoms with Crippen LogP contribution in [0.15, 0.2) is 66.7 Å². The molecule has 5 nitrogen and oxygen atoms in total. The fourth-order valence-electron chi connectivity index (χ4n) is 3.56. The number of nitrogens with zero attached hydrogens (tertiary/aromatic N) is 1. The van der Waals surface area contributed by atoms with Crippen LogP contribution in [-0.2, 0) is 0 Å². The number of methoxy groups -OCH3 is 2. The number of ether oxygens (including phenoxy) is 2. The van der Waals surface area contributed by atoms with Crippen molar-refractivity contribution in [2.24, 2.45) is 0 Å². The minimum absolute atomic E-state index is 0.712. The third-order valence-electron chi connectivity index (χ3n) is 5.20. The van der Waals surface area contributed by atoms with E-state index in [4.69, 9.17) is 14.3 Å². The Balaban J connectivity index is 1.38. The lowest BCUT2D eigenvalue weighted by Crippen LogP contribution is -2.17. The van der Waals surface area contributed by atoms with Crippen molar-refractivity contribution in [1.82, 2.24) is 0 Å². The van der Waals surface area contributed by atoms with Gasteiger partial charge < -0.3 is 19.2 Å². The van der Waals surface area contributed by atoms with Crippen molar-refractivity contribution in [3.8, 4) is 28.4 Å². The molecule has 150 valence electrons. The van der Waals surface area contributed by atoms with E-state index in [-0.39, 0.29) is 0 Å². The smallest absolute Gasteiger partial charge is 0.161 e. The van der Waals surface area contributed by atoms with Crippen molar-refractivity contribution in [1.29, 1.82) is 0 Å². The monoisotopic (exact) mass is 390 g/mol. The Morgan fingerprint density at radius 2 is 1.38 bits per heavy atom. The summed E-state index contributed by atoms with van der Waals surface area (Å²) in [5, 5.41) is 0. The minimum atomic E-state index is 0.712. The predicted octanol–water partition coefficient (Wildman–Crippen LogP) is 5.38. The van der Waals surface area contributed by atoms with Crippen molar-refractivity contribution in [2.75, 3.05) is 37.7 Å². The summed E-state index contributed by atoms with van der Waals surface area (Å²) in [6.45, 7) is 2.30. The highest BCUT2D eigenvalue weighted by Crippen LogP contribution is 2.33. The Morgan fingerprint density at radius 3 is 2.03 bits per heavy atom. The van der Waals surface area contributed by atoms with Gasteiger partial charge in [-0.15, -0.1) is 0 Å². The first-order valence-electron chi connectivity index (χ1n) is 9.87. The van der Waals surface area contributed by atoms with Crippen LogP contribution >= 0.6 is 0 Å². The van der Waals surface area contributed by atoms with Gasteiger partial charge in [0.1, 0.15) is 0 Å². The number of rotatable bonds is 7. The Kier molecular flexibility index (Phi) is 5.75. The zero-order chi connectivity index (χ0) is 20.1. The molecule has 1 aliphatic heterocycles. The molecular weight excluding hydrogens is 364 g/mol. The number of nitrogens with one attached hydrogen (secondary N) is 1. The van der Waals surface area contributed by atoms with Crippen LogP contribution in [0.2, 0.25) is 0 Å². The normalized spacial score (nSPS) is 13.2. The molecule has 4 rings (SSSR count). The molecule has 0 saturated carbocycles. The first-order chi connectivity index (χ1) is 14.3. The molecule has 5 heteroatoms. The summed E-state index contributed by atoms with van der Waals surface area (Å²) in [5.74, 6) is 2.18. The maximum Gasteiger partial charge on any atom is 0.161 e. The largest absolute Gasteiger partial charge is 0.493 e. The van der Waals surface area contributed by atoms with Gasteiger partial charge in [0.15, 0.2) is 17.2 Å². The van der Waals surface area contributed by atoms with Crippen LogP contribution in [0.25, 0.3) is 11.1 Å². The van der Waals surface area contributed by atoms with Crippen LogP contribution < -0.4 is 24.7 Å². The molecule has 29 heavy (non-hydrogen) atoms. The van der Waals surface area contributed by atoms with Crippen molar-refractivity contribution < 1.29 is 14.3 Å². The highest BCUT2D eigenvalue weighted by atomic mass is 16.6. The molecule has 0 amide bonds. The lowest BCUT2D eigenvalue weighted by atomic mass is 10.1. The van der Waals surface area contributed by atoms with Gasteiger partial charge >= 0.3 is 0 Å². The van der Waals surface area contributed by atoms with Gasteiger partial charge in [0.2, 0.25) is 0 Å². The summed E-state index contributed by atoms with van der Waals surface area (Å²) in [5.41, 5.74) is 7.35. The Morgan fingerprint density at radius 1 is 0.724 bits per heavy atom. The fourth-order valence-corrected chi connectivity index (χ4v) is 3.56. The van der Waals surface area contributed by atoms with E-state index in [1.807, 2.05) is 54.6 Å². The standard InChI is InChI=1S/C24H26N2O3/c1-27-23-14-7-19(17-24(23)28-2)18-5-12-22(13-6-18)29-25-20-8-10-21(11-9-20)26-15-3-4-16-26/h5-14,17,25H,3-4,15-16H2,1-2H3. The molecule has 0 aliphatic carbocycles. The van der Waals surface area contributed by atoms with E-state index in [1.165, 1.54) is 18.5 Å². The summed E-state index contributed by atoms with van der Waals surface area (Å²) >= 11 is 0. The van der Waals surface area contributed by atoms with Crippen molar-refractivity contribution >= 4 is 11.4 Å². The van der Waals surface area contributed by atoms with Gasteiger partial charge in [-0.25, -0.2) is 5.48 Å². The average molecular weight is 390 g/mol. The van der Waals surface area contributed by atoms with Gasteiger partial charge in [-0.2, -0.15) is 0 Å². The molecule has 1 saturated heterocycles. The molecule has 1 aliphatic rings. The van der Waals surface area contributed by atoms with E-state index in [2.05, 4.69) is 22.5 Å². The van der Waals surface area contributed by atoms with E-state index in [1.54, 1.807) is 14.2 Å². The zero-order valence-electron chi connectivity index (χ0n) is 16.9. The second kappa shape index (κ2) is 8.78. The predicted molar refractivity (Wildman–Crippen MR) is 117 cm³/mol. The first kappa shape index (κ1) is 19.0. The van der Waals surface area contributed by atoms with Crippen LogP contribution in [0, 0.1) is 0 Å². The van der Waals surface area contributed by atoms with Gasteiger partial charge in [-0.1, -0.05) is 18.2 Å². The second-order valence-electron chi connectivity index (χ2n) is 7.04. The molecule has 0 aromatic heterocycles. The maximum atomic E-state index is 5.72. The second-order valence-corrected chi connectivity index (χ2v) is 7.04. The minimum Gasteiger partial charge on any atom is -0.493 e.